The molecule has 1 unspecified atom stereocenters. The number of alkyl halides is 3. The zero-order valence-electron chi connectivity index (χ0n) is 8.12. The Balaban J connectivity index is 2.45. The highest BCUT2D eigenvalue weighted by Gasteiger charge is 2.37. The van der Waals surface area contributed by atoms with Gasteiger partial charge in [0.25, 0.3) is 5.82 Å². The van der Waals surface area contributed by atoms with Crippen molar-refractivity contribution in [3.05, 3.63) is 11.4 Å². The van der Waals surface area contributed by atoms with Gasteiger partial charge in [-0.05, 0) is 6.92 Å². The fourth-order valence-electron chi connectivity index (χ4n) is 1.29. The van der Waals surface area contributed by atoms with E-state index >= 15 is 0 Å². The monoisotopic (exact) mass is 232 g/mol. The normalized spacial score (nSPS) is 19.8. The van der Waals surface area contributed by atoms with Crippen molar-refractivity contribution in [1.82, 2.24) is 14.8 Å². The van der Waals surface area contributed by atoms with Crippen LogP contribution in [-0.4, -0.2) is 27.1 Å². The van der Waals surface area contributed by atoms with E-state index < -0.39 is 12.0 Å². The molecule has 1 N–H and O–H groups in total. The summed E-state index contributed by atoms with van der Waals surface area (Å²) >= 11 is 0. The summed E-state index contributed by atoms with van der Waals surface area (Å²) in [5, 5.41) is 5.88. The lowest BCUT2D eigenvalue weighted by Gasteiger charge is -2.18. The molecule has 0 amide bonds. The van der Waals surface area contributed by atoms with Crippen molar-refractivity contribution in [2.45, 2.75) is 19.1 Å². The Kier molecular flexibility index (Phi) is 2.21. The van der Waals surface area contributed by atoms with Crippen LogP contribution in [0.15, 0.2) is 5.57 Å². The number of hydrogen-bond acceptors (Lipinski definition) is 4. The van der Waals surface area contributed by atoms with Gasteiger partial charge in [0, 0.05) is 11.8 Å². The van der Waals surface area contributed by atoms with E-state index in [0.29, 0.717) is 11.9 Å². The topological polar surface area (TPSA) is 59.8 Å². The Morgan fingerprint density at radius 1 is 1.56 bits per heavy atom. The molecule has 2 heterocycles. The lowest BCUT2D eigenvalue weighted by molar-refractivity contribution is -0.144. The standard InChI is InChI=1S/C8H7F3N4O/c1-4-5(3-16)2-15-7(12-4)13-6(14-15)8(9,10)11/h2-4H,1H3,(H,12,13,14). The number of hydrogen-bond donors (Lipinski definition) is 1. The van der Waals surface area contributed by atoms with Crippen LogP contribution in [0, 0.1) is 0 Å². The van der Waals surface area contributed by atoms with E-state index in [4.69, 9.17) is 0 Å². The summed E-state index contributed by atoms with van der Waals surface area (Å²) in [5.41, 5.74) is 0.311. The van der Waals surface area contributed by atoms with Crippen molar-refractivity contribution < 1.29 is 18.0 Å². The molecule has 1 aliphatic heterocycles. The fourth-order valence-corrected chi connectivity index (χ4v) is 1.29. The summed E-state index contributed by atoms with van der Waals surface area (Å²) in [6.45, 7) is 1.64. The molecule has 0 saturated carbocycles. The molecular formula is C8H7F3N4O. The molecule has 0 aromatic carbocycles. The van der Waals surface area contributed by atoms with Crippen LogP contribution in [0.3, 0.4) is 0 Å². The quantitative estimate of drug-likeness (QED) is 0.738. The Hall–Kier alpha value is -1.86. The van der Waals surface area contributed by atoms with Crippen molar-refractivity contribution in [1.29, 1.82) is 0 Å². The van der Waals surface area contributed by atoms with E-state index in [0.717, 1.165) is 4.68 Å². The second-order valence-corrected chi connectivity index (χ2v) is 3.31. The predicted molar refractivity (Wildman–Crippen MR) is 48.4 cm³/mol. The number of rotatable bonds is 1. The van der Waals surface area contributed by atoms with E-state index in [9.17, 15) is 18.0 Å². The van der Waals surface area contributed by atoms with Crippen LogP contribution < -0.4 is 5.32 Å². The van der Waals surface area contributed by atoms with E-state index in [1.54, 1.807) is 6.92 Å². The van der Waals surface area contributed by atoms with E-state index in [1.807, 2.05) is 0 Å². The van der Waals surface area contributed by atoms with Crippen molar-refractivity contribution in [3.8, 4) is 0 Å². The highest BCUT2D eigenvalue weighted by molar-refractivity contribution is 5.82. The minimum atomic E-state index is -4.59. The van der Waals surface area contributed by atoms with Crippen molar-refractivity contribution in [2.24, 2.45) is 0 Å². The molecule has 8 heteroatoms. The zero-order chi connectivity index (χ0) is 11.9. The zero-order valence-corrected chi connectivity index (χ0v) is 8.12. The first kappa shape index (κ1) is 10.7. The molecular weight excluding hydrogens is 225 g/mol. The molecule has 1 aromatic rings. The van der Waals surface area contributed by atoms with Gasteiger partial charge in [-0.3, -0.25) is 4.79 Å². The Labute approximate surface area is 88.0 Å². The maximum atomic E-state index is 12.3. The third-order valence-electron chi connectivity index (χ3n) is 2.14. The van der Waals surface area contributed by atoms with Crippen LogP contribution in [0.4, 0.5) is 19.1 Å². The number of fused-ring (bicyclic) bond motifs is 1. The first-order valence-corrected chi connectivity index (χ1v) is 4.39. The Morgan fingerprint density at radius 2 is 2.25 bits per heavy atom. The van der Waals surface area contributed by atoms with Gasteiger partial charge in [0.2, 0.25) is 5.95 Å². The third-order valence-corrected chi connectivity index (χ3v) is 2.14. The molecule has 16 heavy (non-hydrogen) atoms. The SMILES string of the molecule is CC1Nc2nc(C(F)(F)F)nn2C=C1C=O. The van der Waals surface area contributed by atoms with E-state index in [2.05, 4.69) is 15.4 Å². The highest BCUT2D eigenvalue weighted by Crippen LogP contribution is 2.28. The summed E-state index contributed by atoms with van der Waals surface area (Å²) in [6, 6.07) is -0.379. The van der Waals surface area contributed by atoms with E-state index in [1.165, 1.54) is 6.20 Å². The molecule has 5 nitrogen and oxygen atoms in total. The average molecular weight is 232 g/mol. The van der Waals surface area contributed by atoms with Gasteiger partial charge in [0.05, 0.1) is 6.04 Å². The maximum Gasteiger partial charge on any atom is 0.453 e. The van der Waals surface area contributed by atoms with Crippen molar-refractivity contribution >= 4 is 18.4 Å². The number of carbonyl (C=O) groups is 1. The number of anilines is 1. The van der Waals surface area contributed by atoms with Gasteiger partial charge in [-0.25, -0.2) is 4.68 Å². The van der Waals surface area contributed by atoms with E-state index in [-0.39, 0.29) is 12.0 Å². The largest absolute Gasteiger partial charge is 0.453 e. The van der Waals surface area contributed by atoms with Crippen LogP contribution in [-0.2, 0) is 11.0 Å². The lowest BCUT2D eigenvalue weighted by atomic mass is 10.1. The van der Waals surface area contributed by atoms with Crippen LogP contribution in [0.1, 0.15) is 12.7 Å². The molecule has 0 aliphatic carbocycles. The van der Waals surface area contributed by atoms with Gasteiger partial charge in [0.1, 0.15) is 6.29 Å². The Morgan fingerprint density at radius 3 is 2.81 bits per heavy atom. The van der Waals surface area contributed by atoms with Crippen LogP contribution in [0.5, 0.6) is 0 Å². The molecule has 0 fully saturated rings. The molecule has 0 spiro atoms. The summed E-state index contributed by atoms with van der Waals surface area (Å²) in [5.74, 6) is -1.25. The highest BCUT2D eigenvalue weighted by atomic mass is 19.4. The van der Waals surface area contributed by atoms with Crippen LogP contribution >= 0.6 is 0 Å². The second-order valence-electron chi connectivity index (χ2n) is 3.31. The number of carbonyl (C=O) groups excluding carboxylic acids is 1. The average Bonchev–Trinajstić information content (AvgIpc) is 2.58. The predicted octanol–water partition coefficient (Wildman–Crippen LogP) is 1.15. The summed E-state index contributed by atoms with van der Waals surface area (Å²) in [6.07, 6.45) is -2.80. The first-order chi connectivity index (χ1) is 7.41. The Bertz CT molecular complexity index is 462. The van der Waals surface area contributed by atoms with Gasteiger partial charge in [-0.15, -0.1) is 5.10 Å². The minimum absolute atomic E-state index is 0.0228. The molecule has 0 bridgehead atoms. The number of halogens is 3. The maximum absolute atomic E-state index is 12.3. The number of nitrogens with one attached hydrogen (secondary N) is 1. The van der Waals surface area contributed by atoms with Crippen molar-refractivity contribution in [3.63, 3.8) is 0 Å². The minimum Gasteiger partial charge on any atom is -0.347 e. The van der Waals surface area contributed by atoms with Crippen molar-refractivity contribution in [2.75, 3.05) is 5.32 Å². The molecule has 2 rings (SSSR count). The lowest BCUT2D eigenvalue weighted by Crippen LogP contribution is -2.25. The summed E-state index contributed by atoms with van der Waals surface area (Å²) in [4.78, 5) is 13.9. The second kappa shape index (κ2) is 3.32. The molecule has 1 aliphatic rings. The van der Waals surface area contributed by atoms with Crippen LogP contribution in [0.2, 0.25) is 0 Å². The first-order valence-electron chi connectivity index (χ1n) is 4.39. The molecule has 86 valence electrons. The molecule has 0 radical (unpaired) electrons. The third kappa shape index (κ3) is 1.66. The van der Waals surface area contributed by atoms with Gasteiger partial charge in [-0.1, -0.05) is 0 Å². The van der Waals surface area contributed by atoms with Gasteiger partial charge in [-0.2, -0.15) is 18.2 Å². The number of aromatic nitrogens is 3. The summed E-state index contributed by atoms with van der Waals surface area (Å²) in [7, 11) is 0. The van der Waals surface area contributed by atoms with Gasteiger partial charge >= 0.3 is 6.18 Å². The van der Waals surface area contributed by atoms with Gasteiger partial charge in [0.15, 0.2) is 0 Å². The molecule has 1 aromatic heterocycles. The molecule has 1 atom stereocenters. The number of nitrogens with zero attached hydrogens (tertiary/aromatic N) is 3. The number of aldehydes is 1. The van der Waals surface area contributed by atoms with Gasteiger partial charge < -0.3 is 5.32 Å². The summed E-state index contributed by atoms with van der Waals surface area (Å²) < 4.78 is 37.8. The van der Waals surface area contributed by atoms with Crippen LogP contribution in [0.25, 0.3) is 6.20 Å². The smallest absolute Gasteiger partial charge is 0.347 e. The molecule has 0 saturated heterocycles. The fraction of sp³-hybridized carbons (Fsp3) is 0.375.